The molecule has 3 rings (SSSR count). The number of nitrogens with zero attached hydrogens (tertiary/aromatic N) is 1. The fraction of sp³-hybridized carbons (Fsp3) is 0.333. The van der Waals surface area contributed by atoms with Gasteiger partial charge in [0.2, 0.25) is 0 Å². The average Bonchev–Trinajstić information content (AvgIpc) is 2.59. The zero-order valence-corrected chi connectivity index (χ0v) is 15.0. The Bertz CT molecular complexity index is 751. The molecule has 6 heteroatoms. The molecule has 1 saturated heterocycles. The first-order valence-electron chi connectivity index (χ1n) is 8.08. The Kier molecular flexibility index (Phi) is 5.24. The Morgan fingerprint density at radius 1 is 1.21 bits per heavy atom. The first-order valence-corrected chi connectivity index (χ1v) is 9.66. The van der Waals surface area contributed by atoms with Crippen molar-refractivity contribution in [1.29, 1.82) is 0 Å². The van der Waals surface area contributed by atoms with Crippen LogP contribution >= 0.6 is 7.67 Å². The number of hydrogen-bond donors (Lipinski definition) is 1. The van der Waals surface area contributed by atoms with E-state index in [1.807, 2.05) is 60.1 Å². The van der Waals surface area contributed by atoms with Crippen molar-refractivity contribution in [3.63, 3.8) is 0 Å². The van der Waals surface area contributed by atoms with Crippen molar-refractivity contribution in [3.05, 3.63) is 59.7 Å². The predicted molar refractivity (Wildman–Crippen MR) is 96.4 cm³/mol. The summed E-state index contributed by atoms with van der Waals surface area (Å²) in [6.45, 7) is 3.72. The maximum atomic E-state index is 13.4. The van der Waals surface area contributed by atoms with Gasteiger partial charge in [0.1, 0.15) is 5.75 Å². The van der Waals surface area contributed by atoms with Crippen LogP contribution in [0.1, 0.15) is 17.5 Å². The highest BCUT2D eigenvalue weighted by molar-refractivity contribution is 7.58. The van der Waals surface area contributed by atoms with Gasteiger partial charge in [0.25, 0.3) is 0 Å². The molecule has 0 unspecified atom stereocenters. The van der Waals surface area contributed by atoms with Crippen molar-refractivity contribution >= 4 is 13.4 Å². The third-order valence-electron chi connectivity index (χ3n) is 4.15. The van der Waals surface area contributed by atoms with E-state index in [0.717, 1.165) is 29.0 Å². The lowest BCUT2D eigenvalue weighted by atomic mass is 10.2. The molecule has 0 saturated carbocycles. The molecule has 128 valence electrons. The van der Waals surface area contributed by atoms with Gasteiger partial charge in [-0.15, -0.1) is 0 Å². The third-order valence-corrected chi connectivity index (χ3v) is 6.29. The summed E-state index contributed by atoms with van der Waals surface area (Å²) >= 11 is 0. The first-order chi connectivity index (χ1) is 11.6. The molecule has 0 amide bonds. The van der Waals surface area contributed by atoms with Gasteiger partial charge in [-0.3, -0.25) is 0 Å². The molecule has 2 aromatic rings. The van der Waals surface area contributed by atoms with Crippen LogP contribution in [-0.2, 0) is 15.6 Å². The summed E-state index contributed by atoms with van der Waals surface area (Å²) in [6.07, 6.45) is 0.856. The molecule has 0 radical (unpaired) electrons. The number of nitrogens with one attached hydrogen (secondary N) is 1. The lowest BCUT2D eigenvalue weighted by molar-refractivity contribution is 0.205. The van der Waals surface area contributed by atoms with Crippen LogP contribution in [0.3, 0.4) is 0 Å². The molecule has 0 aliphatic carbocycles. The summed E-state index contributed by atoms with van der Waals surface area (Å²) < 4.78 is 26.5. The third kappa shape index (κ3) is 3.64. The van der Waals surface area contributed by atoms with Crippen LogP contribution < -0.4 is 9.82 Å². The van der Waals surface area contributed by atoms with Gasteiger partial charge in [0.05, 0.1) is 13.7 Å². The molecule has 2 aromatic carbocycles. The standard InChI is InChI=1S/C18H23N2O3P/c1-15-8-3-5-10-17(15)19-24(21)20(12-7-13-23-24)14-16-9-4-6-11-18(16)22-2/h3-6,8-11H,7,12-14H2,1-2H3,(H,19,21)/t24-/m0/s1. The van der Waals surface area contributed by atoms with Gasteiger partial charge in [-0.25, -0.2) is 9.24 Å². The maximum absolute atomic E-state index is 13.4. The summed E-state index contributed by atoms with van der Waals surface area (Å²) in [7, 11) is -1.49. The van der Waals surface area contributed by atoms with Gasteiger partial charge in [0, 0.05) is 24.3 Å². The molecule has 0 spiro atoms. The van der Waals surface area contributed by atoms with E-state index >= 15 is 0 Å². The van der Waals surface area contributed by atoms with Crippen LogP contribution in [-0.4, -0.2) is 24.9 Å². The molecule has 5 nitrogen and oxygen atoms in total. The normalized spacial score (nSPS) is 21.4. The minimum Gasteiger partial charge on any atom is -0.496 e. The fourth-order valence-corrected chi connectivity index (χ4v) is 4.85. The van der Waals surface area contributed by atoms with Crippen LogP contribution in [0.5, 0.6) is 5.75 Å². The number of para-hydroxylation sites is 2. The van der Waals surface area contributed by atoms with Crippen molar-refractivity contribution in [2.24, 2.45) is 0 Å². The highest BCUT2D eigenvalue weighted by Crippen LogP contribution is 2.54. The zero-order chi connectivity index (χ0) is 17.0. The second-order valence-corrected chi connectivity index (χ2v) is 7.92. The van der Waals surface area contributed by atoms with Crippen molar-refractivity contribution in [2.75, 3.05) is 25.3 Å². The Morgan fingerprint density at radius 2 is 1.96 bits per heavy atom. The quantitative estimate of drug-likeness (QED) is 0.811. The van der Waals surface area contributed by atoms with Crippen LogP contribution in [0.4, 0.5) is 5.69 Å². The Labute approximate surface area is 143 Å². The largest absolute Gasteiger partial charge is 0.496 e. The van der Waals surface area contributed by atoms with Crippen molar-refractivity contribution in [3.8, 4) is 5.75 Å². The lowest BCUT2D eigenvalue weighted by Gasteiger charge is -2.35. The van der Waals surface area contributed by atoms with Crippen LogP contribution in [0.15, 0.2) is 48.5 Å². The van der Waals surface area contributed by atoms with Gasteiger partial charge in [-0.05, 0) is 31.0 Å². The minimum absolute atomic E-state index is 0.499. The monoisotopic (exact) mass is 346 g/mol. The fourth-order valence-electron chi connectivity index (χ4n) is 2.80. The lowest BCUT2D eigenvalue weighted by Crippen LogP contribution is -2.31. The zero-order valence-electron chi connectivity index (χ0n) is 14.1. The van der Waals surface area contributed by atoms with Crippen molar-refractivity contribution < 1.29 is 13.8 Å². The summed E-state index contributed by atoms with van der Waals surface area (Å²) in [6, 6.07) is 15.6. The molecule has 1 atom stereocenters. The molecular formula is C18H23N2O3P. The molecule has 0 aromatic heterocycles. The average molecular weight is 346 g/mol. The number of aryl methyl sites for hydroxylation is 1. The molecule has 1 heterocycles. The van der Waals surface area contributed by atoms with Gasteiger partial charge in [0.15, 0.2) is 0 Å². The maximum Gasteiger partial charge on any atom is 0.368 e. The number of hydrogen-bond acceptors (Lipinski definition) is 3. The van der Waals surface area contributed by atoms with Gasteiger partial charge in [-0.2, -0.15) is 0 Å². The minimum atomic E-state index is -3.14. The number of ether oxygens (including phenoxy) is 1. The Balaban J connectivity index is 1.85. The highest BCUT2D eigenvalue weighted by atomic mass is 31.2. The van der Waals surface area contributed by atoms with E-state index < -0.39 is 7.67 Å². The second kappa shape index (κ2) is 7.39. The van der Waals surface area contributed by atoms with Crippen molar-refractivity contribution in [1.82, 2.24) is 4.67 Å². The Hall–Kier alpha value is -1.81. The molecule has 1 aliphatic heterocycles. The Morgan fingerprint density at radius 3 is 2.75 bits per heavy atom. The van der Waals surface area contributed by atoms with Gasteiger partial charge < -0.3 is 14.3 Å². The first kappa shape index (κ1) is 17.0. The number of rotatable bonds is 5. The number of anilines is 1. The molecule has 1 N–H and O–H groups in total. The van der Waals surface area contributed by atoms with E-state index in [1.165, 1.54) is 0 Å². The SMILES string of the molecule is COc1ccccc1CN1CCCO[P@@]1(=O)Nc1ccccc1C. The van der Waals surface area contributed by atoms with Crippen molar-refractivity contribution in [2.45, 2.75) is 19.9 Å². The highest BCUT2D eigenvalue weighted by Gasteiger charge is 2.36. The molecular weight excluding hydrogens is 323 g/mol. The van der Waals surface area contributed by atoms with E-state index in [2.05, 4.69) is 5.09 Å². The molecule has 24 heavy (non-hydrogen) atoms. The molecule has 1 fully saturated rings. The van der Waals surface area contributed by atoms with Crippen LogP contribution in [0, 0.1) is 6.92 Å². The summed E-state index contributed by atoms with van der Waals surface area (Å²) in [5.41, 5.74) is 2.88. The topological polar surface area (TPSA) is 50.8 Å². The van der Waals surface area contributed by atoms with E-state index in [4.69, 9.17) is 9.26 Å². The van der Waals surface area contributed by atoms with Crippen LogP contribution in [0.25, 0.3) is 0 Å². The smallest absolute Gasteiger partial charge is 0.368 e. The van der Waals surface area contributed by atoms with Gasteiger partial charge >= 0.3 is 7.67 Å². The molecule has 0 bridgehead atoms. The summed E-state index contributed by atoms with van der Waals surface area (Å²) in [5, 5.41) is 3.15. The summed E-state index contributed by atoms with van der Waals surface area (Å²) in [5.74, 6) is 0.797. The number of benzene rings is 2. The van der Waals surface area contributed by atoms with E-state index in [9.17, 15) is 4.57 Å². The van der Waals surface area contributed by atoms with E-state index in [-0.39, 0.29) is 0 Å². The summed E-state index contributed by atoms with van der Waals surface area (Å²) in [4.78, 5) is 0. The van der Waals surface area contributed by atoms with E-state index in [1.54, 1.807) is 7.11 Å². The second-order valence-electron chi connectivity index (χ2n) is 5.83. The van der Waals surface area contributed by atoms with Crippen LogP contribution in [0.2, 0.25) is 0 Å². The van der Waals surface area contributed by atoms with E-state index in [0.29, 0.717) is 19.7 Å². The predicted octanol–water partition coefficient (Wildman–Crippen LogP) is 4.45. The number of methoxy groups -OCH3 is 1. The van der Waals surface area contributed by atoms with Gasteiger partial charge in [-0.1, -0.05) is 36.4 Å². The molecule has 1 aliphatic rings.